The Hall–Kier alpha value is -1.35. The van der Waals surface area contributed by atoms with Crippen LogP contribution in [0.5, 0.6) is 0 Å². The molecule has 3 N–H and O–H groups in total. The molecule has 2 rings (SSSR count). The molecule has 0 radical (unpaired) electrons. The molecule has 3 heteroatoms. The smallest absolute Gasteiger partial charge is 0.248 e. The van der Waals surface area contributed by atoms with Crippen LogP contribution in [0.4, 0.5) is 0 Å². The van der Waals surface area contributed by atoms with Crippen LogP contribution in [0.2, 0.25) is 0 Å². The van der Waals surface area contributed by atoms with E-state index in [-0.39, 0.29) is 5.91 Å². The summed E-state index contributed by atoms with van der Waals surface area (Å²) in [6.45, 7) is 2.16. The van der Waals surface area contributed by atoms with Crippen LogP contribution in [-0.4, -0.2) is 19.0 Å². The van der Waals surface area contributed by atoms with E-state index in [0.717, 1.165) is 13.1 Å². The number of nitrogens with two attached hydrogens (primary N) is 1. The highest BCUT2D eigenvalue weighted by atomic mass is 16.1. The molecule has 1 aromatic rings. The van der Waals surface area contributed by atoms with Crippen molar-refractivity contribution in [3.05, 3.63) is 35.4 Å². The summed E-state index contributed by atoms with van der Waals surface area (Å²) in [5.41, 5.74) is 7.08. The van der Waals surface area contributed by atoms with Crippen molar-refractivity contribution >= 4 is 5.91 Å². The molecule has 3 nitrogen and oxygen atoms in total. The number of piperidine rings is 1. The lowest BCUT2D eigenvalue weighted by Gasteiger charge is -2.23. The van der Waals surface area contributed by atoms with E-state index in [1.54, 1.807) is 0 Å². The SMILES string of the molecule is NC(=O)c1ccc([C@H]2CCCNC2)cc1. The predicted molar refractivity (Wildman–Crippen MR) is 59.8 cm³/mol. The van der Waals surface area contributed by atoms with Gasteiger partial charge in [-0.25, -0.2) is 0 Å². The van der Waals surface area contributed by atoms with Crippen molar-refractivity contribution in [2.45, 2.75) is 18.8 Å². The van der Waals surface area contributed by atoms with Gasteiger partial charge < -0.3 is 11.1 Å². The van der Waals surface area contributed by atoms with Gasteiger partial charge in [-0.1, -0.05) is 12.1 Å². The van der Waals surface area contributed by atoms with E-state index in [0.29, 0.717) is 11.5 Å². The van der Waals surface area contributed by atoms with Gasteiger partial charge in [0.15, 0.2) is 0 Å². The van der Waals surface area contributed by atoms with E-state index < -0.39 is 0 Å². The van der Waals surface area contributed by atoms with Gasteiger partial charge in [-0.3, -0.25) is 4.79 Å². The quantitative estimate of drug-likeness (QED) is 0.761. The van der Waals surface area contributed by atoms with E-state index in [9.17, 15) is 4.79 Å². The van der Waals surface area contributed by atoms with Crippen LogP contribution in [0, 0.1) is 0 Å². The minimum Gasteiger partial charge on any atom is -0.366 e. The van der Waals surface area contributed by atoms with Crippen molar-refractivity contribution in [2.75, 3.05) is 13.1 Å². The van der Waals surface area contributed by atoms with Crippen molar-refractivity contribution < 1.29 is 4.79 Å². The van der Waals surface area contributed by atoms with Crippen LogP contribution in [0.1, 0.15) is 34.7 Å². The molecular weight excluding hydrogens is 188 g/mol. The van der Waals surface area contributed by atoms with Crippen LogP contribution in [0.3, 0.4) is 0 Å². The summed E-state index contributed by atoms with van der Waals surface area (Å²) in [6, 6.07) is 7.65. The van der Waals surface area contributed by atoms with Crippen molar-refractivity contribution in [3.63, 3.8) is 0 Å². The maximum atomic E-state index is 10.9. The van der Waals surface area contributed by atoms with E-state index in [1.165, 1.54) is 18.4 Å². The van der Waals surface area contributed by atoms with Crippen molar-refractivity contribution in [1.82, 2.24) is 5.32 Å². The van der Waals surface area contributed by atoms with Crippen molar-refractivity contribution in [2.24, 2.45) is 5.73 Å². The van der Waals surface area contributed by atoms with Gasteiger partial charge in [0.1, 0.15) is 0 Å². The first-order valence-electron chi connectivity index (χ1n) is 5.38. The molecular formula is C12H16N2O. The standard InChI is InChI=1S/C12H16N2O/c13-12(15)10-5-3-9(4-6-10)11-2-1-7-14-8-11/h3-6,11,14H,1-2,7-8H2,(H2,13,15)/t11-/m0/s1. The fourth-order valence-corrected chi connectivity index (χ4v) is 2.06. The maximum absolute atomic E-state index is 10.9. The normalized spacial score (nSPS) is 21.2. The molecule has 0 aromatic heterocycles. The summed E-state index contributed by atoms with van der Waals surface area (Å²) in [7, 11) is 0. The van der Waals surface area contributed by atoms with Crippen molar-refractivity contribution in [1.29, 1.82) is 0 Å². The van der Waals surface area contributed by atoms with Gasteiger partial charge in [0.05, 0.1) is 0 Å². The molecule has 1 amide bonds. The minimum atomic E-state index is -0.358. The number of primary amides is 1. The second-order valence-electron chi connectivity index (χ2n) is 4.03. The molecule has 1 aromatic carbocycles. The Morgan fingerprint density at radius 3 is 2.60 bits per heavy atom. The van der Waals surface area contributed by atoms with Crippen LogP contribution in [0.15, 0.2) is 24.3 Å². The number of benzene rings is 1. The average Bonchev–Trinajstić information content (AvgIpc) is 2.30. The number of nitrogens with one attached hydrogen (secondary N) is 1. The van der Waals surface area contributed by atoms with Gasteiger partial charge in [0.25, 0.3) is 0 Å². The van der Waals surface area contributed by atoms with E-state index in [1.807, 2.05) is 24.3 Å². The summed E-state index contributed by atoms with van der Waals surface area (Å²) < 4.78 is 0. The number of carbonyl (C=O) groups excluding carboxylic acids is 1. The lowest BCUT2D eigenvalue weighted by atomic mass is 9.91. The van der Waals surface area contributed by atoms with Gasteiger partial charge in [-0.05, 0) is 43.0 Å². The number of hydrogen-bond acceptors (Lipinski definition) is 2. The van der Waals surface area contributed by atoms with Crippen LogP contribution in [-0.2, 0) is 0 Å². The Morgan fingerprint density at radius 1 is 1.33 bits per heavy atom. The molecule has 1 heterocycles. The van der Waals surface area contributed by atoms with E-state index >= 15 is 0 Å². The Kier molecular flexibility index (Phi) is 3.02. The molecule has 1 aliphatic heterocycles. The summed E-state index contributed by atoms with van der Waals surface area (Å²) in [4.78, 5) is 10.9. The topological polar surface area (TPSA) is 55.1 Å². The third-order valence-corrected chi connectivity index (χ3v) is 2.96. The Morgan fingerprint density at radius 2 is 2.07 bits per heavy atom. The monoisotopic (exact) mass is 204 g/mol. The van der Waals surface area contributed by atoms with Gasteiger partial charge in [-0.15, -0.1) is 0 Å². The zero-order valence-corrected chi connectivity index (χ0v) is 8.70. The minimum absolute atomic E-state index is 0.358. The Labute approximate surface area is 89.7 Å². The molecule has 0 aliphatic carbocycles. The van der Waals surface area contributed by atoms with Crippen LogP contribution in [0.25, 0.3) is 0 Å². The van der Waals surface area contributed by atoms with Gasteiger partial charge in [0, 0.05) is 12.1 Å². The fourth-order valence-electron chi connectivity index (χ4n) is 2.06. The molecule has 0 bridgehead atoms. The average molecular weight is 204 g/mol. The predicted octanol–water partition coefficient (Wildman–Crippen LogP) is 1.25. The lowest BCUT2D eigenvalue weighted by molar-refractivity contribution is 0.100. The largest absolute Gasteiger partial charge is 0.366 e. The summed E-state index contributed by atoms with van der Waals surface area (Å²) in [5.74, 6) is 0.226. The molecule has 1 fully saturated rings. The molecule has 15 heavy (non-hydrogen) atoms. The van der Waals surface area contributed by atoms with E-state index in [2.05, 4.69) is 5.32 Å². The highest BCUT2D eigenvalue weighted by molar-refractivity contribution is 5.92. The van der Waals surface area contributed by atoms with Gasteiger partial charge in [0.2, 0.25) is 5.91 Å². The second-order valence-corrected chi connectivity index (χ2v) is 4.03. The fraction of sp³-hybridized carbons (Fsp3) is 0.417. The first kappa shape index (κ1) is 10.2. The summed E-state index contributed by atoms with van der Waals surface area (Å²) in [5, 5.41) is 3.38. The van der Waals surface area contributed by atoms with Crippen molar-refractivity contribution in [3.8, 4) is 0 Å². The summed E-state index contributed by atoms with van der Waals surface area (Å²) >= 11 is 0. The third kappa shape index (κ3) is 2.36. The molecule has 0 spiro atoms. The highest BCUT2D eigenvalue weighted by Crippen LogP contribution is 2.23. The van der Waals surface area contributed by atoms with E-state index in [4.69, 9.17) is 5.73 Å². The highest BCUT2D eigenvalue weighted by Gasteiger charge is 2.14. The first-order valence-corrected chi connectivity index (χ1v) is 5.38. The zero-order valence-electron chi connectivity index (χ0n) is 8.70. The Balaban J connectivity index is 2.11. The Bertz CT molecular complexity index is 339. The number of carbonyl (C=O) groups is 1. The molecule has 1 aliphatic rings. The molecule has 1 atom stereocenters. The van der Waals surface area contributed by atoms with Crippen LogP contribution >= 0.6 is 0 Å². The molecule has 0 unspecified atom stereocenters. The molecule has 80 valence electrons. The molecule has 0 saturated carbocycles. The zero-order chi connectivity index (χ0) is 10.7. The second kappa shape index (κ2) is 4.45. The first-order chi connectivity index (χ1) is 7.27. The number of rotatable bonds is 2. The van der Waals surface area contributed by atoms with Gasteiger partial charge in [-0.2, -0.15) is 0 Å². The summed E-state index contributed by atoms with van der Waals surface area (Å²) in [6.07, 6.45) is 2.45. The lowest BCUT2D eigenvalue weighted by Crippen LogP contribution is -2.28. The number of amides is 1. The van der Waals surface area contributed by atoms with Crippen LogP contribution < -0.4 is 11.1 Å². The molecule has 1 saturated heterocycles. The third-order valence-electron chi connectivity index (χ3n) is 2.96. The number of hydrogen-bond donors (Lipinski definition) is 2. The van der Waals surface area contributed by atoms with Gasteiger partial charge >= 0.3 is 0 Å². The maximum Gasteiger partial charge on any atom is 0.248 e.